The van der Waals surface area contributed by atoms with Gasteiger partial charge in [0, 0.05) is 24.0 Å². The number of hydrogen-bond acceptors (Lipinski definition) is 2. The van der Waals surface area contributed by atoms with E-state index in [1.165, 1.54) is 17.7 Å². The minimum Gasteiger partial charge on any atom is -0.488 e. The van der Waals surface area contributed by atoms with Gasteiger partial charge >= 0.3 is 0 Å². The van der Waals surface area contributed by atoms with Crippen LogP contribution in [-0.4, -0.2) is 12.6 Å². The van der Waals surface area contributed by atoms with E-state index in [1.54, 1.807) is 6.07 Å². The molecule has 0 spiro atoms. The monoisotopic (exact) mass is 305 g/mol. The van der Waals surface area contributed by atoms with Gasteiger partial charge in [0.1, 0.15) is 17.7 Å². The van der Waals surface area contributed by atoms with E-state index in [4.69, 9.17) is 16.3 Å². The van der Waals surface area contributed by atoms with E-state index in [1.807, 2.05) is 25.1 Å². The summed E-state index contributed by atoms with van der Waals surface area (Å²) in [5.74, 6) is 0.655. The molecule has 2 nitrogen and oxygen atoms in total. The van der Waals surface area contributed by atoms with Crippen molar-refractivity contribution in [2.24, 2.45) is 0 Å². The predicted octanol–water partition coefficient (Wildman–Crippen LogP) is 4.13. The topological polar surface area (TPSA) is 21.3 Å². The van der Waals surface area contributed by atoms with Crippen molar-refractivity contribution < 1.29 is 9.13 Å². The molecular weight excluding hydrogens is 289 g/mol. The van der Waals surface area contributed by atoms with Crippen LogP contribution in [-0.2, 0) is 6.42 Å². The van der Waals surface area contributed by atoms with Gasteiger partial charge in [-0.3, -0.25) is 0 Å². The van der Waals surface area contributed by atoms with Gasteiger partial charge in [-0.2, -0.15) is 0 Å². The molecule has 0 amide bonds. The summed E-state index contributed by atoms with van der Waals surface area (Å²) in [4.78, 5) is 0. The lowest BCUT2D eigenvalue weighted by atomic mass is 10.1. The molecule has 2 aromatic rings. The van der Waals surface area contributed by atoms with Gasteiger partial charge in [0.2, 0.25) is 0 Å². The van der Waals surface area contributed by atoms with Crippen LogP contribution >= 0.6 is 11.6 Å². The number of para-hydroxylation sites is 1. The molecule has 0 radical (unpaired) electrons. The standard InChI is InChI=1S/C17H17ClFNO/c1-11(15-7-6-13(19)9-16(15)18)20-10-14-8-12-4-2-3-5-17(12)21-14/h2-7,9,11,14,20H,8,10H2,1H3. The zero-order valence-electron chi connectivity index (χ0n) is 11.8. The van der Waals surface area contributed by atoms with E-state index < -0.39 is 0 Å². The summed E-state index contributed by atoms with van der Waals surface area (Å²) in [5, 5.41) is 3.85. The zero-order valence-corrected chi connectivity index (χ0v) is 12.5. The van der Waals surface area contributed by atoms with Crippen LogP contribution in [0.5, 0.6) is 5.75 Å². The van der Waals surface area contributed by atoms with Crippen molar-refractivity contribution in [1.29, 1.82) is 0 Å². The number of fused-ring (bicyclic) bond motifs is 1. The lowest BCUT2D eigenvalue weighted by molar-refractivity contribution is 0.222. The molecule has 1 heterocycles. The molecule has 0 saturated carbocycles. The summed E-state index contributed by atoms with van der Waals surface area (Å²) in [7, 11) is 0. The fourth-order valence-electron chi connectivity index (χ4n) is 2.64. The highest BCUT2D eigenvalue weighted by Gasteiger charge is 2.22. The maximum absolute atomic E-state index is 13.1. The van der Waals surface area contributed by atoms with Crippen LogP contribution in [0.2, 0.25) is 5.02 Å². The van der Waals surface area contributed by atoms with Crippen LogP contribution < -0.4 is 10.1 Å². The molecule has 4 heteroatoms. The molecule has 1 aliphatic rings. The summed E-state index contributed by atoms with van der Waals surface area (Å²) < 4.78 is 19.0. The summed E-state index contributed by atoms with van der Waals surface area (Å²) in [6, 6.07) is 12.6. The van der Waals surface area contributed by atoms with Crippen LogP contribution in [0.3, 0.4) is 0 Å². The van der Waals surface area contributed by atoms with Crippen molar-refractivity contribution in [3.63, 3.8) is 0 Å². The Morgan fingerprint density at radius 3 is 2.90 bits per heavy atom. The largest absolute Gasteiger partial charge is 0.488 e. The van der Waals surface area contributed by atoms with E-state index in [2.05, 4.69) is 11.4 Å². The minimum atomic E-state index is -0.314. The second-order valence-corrected chi connectivity index (χ2v) is 5.75. The maximum Gasteiger partial charge on any atom is 0.124 e. The summed E-state index contributed by atoms with van der Waals surface area (Å²) >= 11 is 6.08. The average molecular weight is 306 g/mol. The smallest absolute Gasteiger partial charge is 0.124 e. The molecule has 21 heavy (non-hydrogen) atoms. The molecule has 0 aliphatic carbocycles. The fraction of sp³-hybridized carbons (Fsp3) is 0.294. The molecule has 1 N–H and O–H groups in total. The highest BCUT2D eigenvalue weighted by atomic mass is 35.5. The van der Waals surface area contributed by atoms with Crippen molar-refractivity contribution in [3.8, 4) is 5.75 Å². The highest BCUT2D eigenvalue weighted by Crippen LogP contribution is 2.28. The van der Waals surface area contributed by atoms with E-state index in [0.717, 1.165) is 24.3 Å². The second-order valence-electron chi connectivity index (χ2n) is 5.35. The number of nitrogens with one attached hydrogen (secondary N) is 1. The molecule has 0 bridgehead atoms. The number of ether oxygens (including phenoxy) is 1. The Kier molecular flexibility index (Phi) is 4.13. The van der Waals surface area contributed by atoms with Crippen molar-refractivity contribution >= 4 is 11.6 Å². The molecule has 0 fully saturated rings. The third-order valence-corrected chi connectivity index (χ3v) is 4.12. The van der Waals surface area contributed by atoms with Crippen molar-refractivity contribution in [2.75, 3.05) is 6.54 Å². The number of halogens is 2. The Labute approximate surface area is 128 Å². The van der Waals surface area contributed by atoms with Gasteiger partial charge in [0.05, 0.1) is 0 Å². The molecule has 0 saturated heterocycles. The Balaban J connectivity index is 1.59. The van der Waals surface area contributed by atoms with Gasteiger partial charge in [0.25, 0.3) is 0 Å². The third-order valence-electron chi connectivity index (χ3n) is 3.79. The summed E-state index contributed by atoms with van der Waals surface area (Å²) in [6.07, 6.45) is 1.04. The third kappa shape index (κ3) is 3.20. The normalized spacial score (nSPS) is 18.1. The first-order chi connectivity index (χ1) is 10.1. The van der Waals surface area contributed by atoms with E-state index in [0.29, 0.717) is 5.02 Å². The molecule has 3 rings (SSSR count). The highest BCUT2D eigenvalue weighted by molar-refractivity contribution is 6.31. The van der Waals surface area contributed by atoms with Gasteiger partial charge < -0.3 is 10.1 Å². The molecule has 1 aliphatic heterocycles. The van der Waals surface area contributed by atoms with Crippen molar-refractivity contribution in [3.05, 3.63) is 64.4 Å². The van der Waals surface area contributed by atoms with Crippen molar-refractivity contribution in [2.45, 2.75) is 25.5 Å². The Hall–Kier alpha value is -1.58. The van der Waals surface area contributed by atoms with Crippen molar-refractivity contribution in [1.82, 2.24) is 5.32 Å². The van der Waals surface area contributed by atoms with Crippen LogP contribution in [0.1, 0.15) is 24.1 Å². The van der Waals surface area contributed by atoms with E-state index in [9.17, 15) is 4.39 Å². The molecule has 0 aromatic heterocycles. The number of benzene rings is 2. The van der Waals surface area contributed by atoms with Crippen LogP contribution in [0.25, 0.3) is 0 Å². The van der Waals surface area contributed by atoms with Gasteiger partial charge in [-0.05, 0) is 36.2 Å². The second kappa shape index (κ2) is 6.04. The maximum atomic E-state index is 13.1. The van der Waals surface area contributed by atoms with Crippen LogP contribution in [0, 0.1) is 5.82 Å². The quantitative estimate of drug-likeness (QED) is 0.917. The summed E-state index contributed by atoms with van der Waals surface area (Å²) in [6.45, 7) is 2.74. The molecule has 2 aromatic carbocycles. The number of hydrogen-bond donors (Lipinski definition) is 1. The van der Waals surface area contributed by atoms with E-state index in [-0.39, 0.29) is 18.0 Å². The van der Waals surface area contributed by atoms with Gasteiger partial charge in [-0.25, -0.2) is 4.39 Å². The molecule has 2 unspecified atom stereocenters. The molecule has 2 atom stereocenters. The first-order valence-electron chi connectivity index (χ1n) is 7.06. The minimum absolute atomic E-state index is 0.0467. The van der Waals surface area contributed by atoms with Gasteiger partial charge in [-0.1, -0.05) is 35.9 Å². The van der Waals surface area contributed by atoms with Crippen LogP contribution in [0.15, 0.2) is 42.5 Å². The Morgan fingerprint density at radius 1 is 1.33 bits per heavy atom. The fourth-order valence-corrected chi connectivity index (χ4v) is 2.97. The SMILES string of the molecule is CC(NCC1Cc2ccccc2O1)c1ccc(F)cc1Cl. The van der Waals surface area contributed by atoms with Gasteiger partial charge in [0.15, 0.2) is 0 Å². The van der Waals surface area contributed by atoms with E-state index >= 15 is 0 Å². The molecular formula is C17H17ClFNO. The Morgan fingerprint density at radius 2 is 2.14 bits per heavy atom. The number of rotatable bonds is 4. The first-order valence-corrected chi connectivity index (χ1v) is 7.44. The molecule has 110 valence electrons. The predicted molar refractivity (Wildman–Crippen MR) is 82.4 cm³/mol. The Bertz CT molecular complexity index is 621. The van der Waals surface area contributed by atoms with Crippen LogP contribution in [0.4, 0.5) is 4.39 Å². The summed E-state index contributed by atoms with van der Waals surface area (Å²) in [5.41, 5.74) is 2.14. The lowest BCUT2D eigenvalue weighted by Gasteiger charge is -2.18. The zero-order chi connectivity index (χ0) is 14.8. The lowest BCUT2D eigenvalue weighted by Crippen LogP contribution is -2.32. The van der Waals surface area contributed by atoms with Gasteiger partial charge in [-0.15, -0.1) is 0 Å². The average Bonchev–Trinajstić information content (AvgIpc) is 2.87. The first kappa shape index (κ1) is 14.4.